The van der Waals surface area contributed by atoms with Crippen molar-refractivity contribution >= 4 is 19.5 Å². The normalized spacial score (nSPS) is 26.6. The van der Waals surface area contributed by atoms with Crippen molar-refractivity contribution in [1.29, 1.82) is 0 Å². The minimum Gasteiger partial charge on any atom is -0.467 e. The topological polar surface area (TPSA) is 85.4 Å². The summed E-state index contributed by atoms with van der Waals surface area (Å²) in [6, 6.07) is -0.605. The Morgan fingerprint density at radius 1 is 1.17 bits per heavy atom. The van der Waals surface area contributed by atoms with Gasteiger partial charge in [-0.2, -0.15) is 0 Å². The first-order valence-electron chi connectivity index (χ1n) is 7.82. The summed E-state index contributed by atoms with van der Waals surface area (Å²) in [6.45, 7) is 1.43. The van der Waals surface area contributed by atoms with Crippen molar-refractivity contribution in [2.75, 3.05) is 40.6 Å². The third kappa shape index (κ3) is 3.94. The van der Waals surface area contributed by atoms with Gasteiger partial charge in [0.25, 0.3) is 0 Å². The van der Waals surface area contributed by atoms with Gasteiger partial charge in [0.15, 0.2) is 0 Å². The van der Waals surface area contributed by atoms with E-state index in [1.165, 1.54) is 26.3 Å². The van der Waals surface area contributed by atoms with E-state index in [-0.39, 0.29) is 12.1 Å². The van der Waals surface area contributed by atoms with Gasteiger partial charge in [0.2, 0.25) is 5.91 Å². The second-order valence-corrected chi connectivity index (χ2v) is 8.13. The molecule has 2 fully saturated rings. The van der Waals surface area contributed by atoms with Gasteiger partial charge in [-0.15, -0.1) is 0 Å². The molecule has 2 aliphatic heterocycles. The van der Waals surface area contributed by atoms with Crippen LogP contribution < -0.4 is 0 Å². The molecule has 0 aliphatic carbocycles. The van der Waals surface area contributed by atoms with Gasteiger partial charge in [-0.1, -0.05) is 0 Å². The minimum absolute atomic E-state index is 0.0249. The number of rotatable bonds is 5. The number of nitrogens with zero attached hydrogens (tertiary/aromatic N) is 2. The molecule has 1 amide bonds. The van der Waals surface area contributed by atoms with E-state index in [1.54, 1.807) is 0 Å². The van der Waals surface area contributed by atoms with E-state index in [1.807, 2.05) is 5.01 Å². The van der Waals surface area contributed by atoms with Crippen molar-refractivity contribution in [3.05, 3.63) is 0 Å². The summed E-state index contributed by atoms with van der Waals surface area (Å²) in [7, 11) is 0.669. The van der Waals surface area contributed by atoms with Crippen molar-refractivity contribution < 1.29 is 27.9 Å². The van der Waals surface area contributed by atoms with Crippen molar-refractivity contribution in [1.82, 2.24) is 10.0 Å². The predicted octanol–water partition coefficient (Wildman–Crippen LogP) is 1.26. The largest absolute Gasteiger partial charge is 0.467 e. The molecule has 0 N–H and O–H groups in total. The average Bonchev–Trinajstić information content (AvgIpc) is 2.73. The van der Waals surface area contributed by atoms with Crippen molar-refractivity contribution in [2.45, 2.75) is 31.7 Å². The van der Waals surface area contributed by atoms with Gasteiger partial charge in [0, 0.05) is 27.3 Å². The lowest BCUT2D eigenvalue weighted by Gasteiger charge is -2.42. The molecule has 23 heavy (non-hydrogen) atoms. The molecule has 2 rings (SSSR count). The highest BCUT2D eigenvalue weighted by atomic mass is 31.2. The first-order valence-corrected chi connectivity index (χ1v) is 9.55. The number of carbonyl (C=O) groups excluding carboxylic acids is 2. The van der Waals surface area contributed by atoms with Gasteiger partial charge < -0.3 is 13.8 Å². The molecule has 0 saturated carbocycles. The maximum Gasteiger partial charge on any atom is 0.330 e. The summed E-state index contributed by atoms with van der Waals surface area (Å²) >= 11 is 0. The summed E-state index contributed by atoms with van der Waals surface area (Å²) in [6.07, 6.45) is 2.82. The van der Waals surface area contributed by atoms with Crippen molar-refractivity contribution in [3.8, 4) is 0 Å². The van der Waals surface area contributed by atoms with E-state index in [9.17, 15) is 14.2 Å². The third-order valence-electron chi connectivity index (χ3n) is 4.51. The Morgan fingerprint density at radius 3 is 2.35 bits per heavy atom. The van der Waals surface area contributed by atoms with E-state index < -0.39 is 25.5 Å². The SMILES string of the molecule is COC(=O)[C@@H]1CCCN2CCC[C@H](CP(=O)(OC)OC)C(=O)N12. The Hall–Kier alpha value is -0.950. The Kier molecular flexibility index (Phi) is 6.19. The molecule has 0 aromatic rings. The van der Waals surface area contributed by atoms with Crippen LogP contribution in [0.1, 0.15) is 25.7 Å². The van der Waals surface area contributed by atoms with Crippen molar-refractivity contribution in [2.24, 2.45) is 5.92 Å². The van der Waals surface area contributed by atoms with Gasteiger partial charge >= 0.3 is 13.6 Å². The van der Waals surface area contributed by atoms with Crippen LogP contribution >= 0.6 is 7.60 Å². The zero-order valence-corrected chi connectivity index (χ0v) is 14.8. The molecule has 0 radical (unpaired) electrons. The molecule has 0 unspecified atom stereocenters. The van der Waals surface area contributed by atoms with Crippen LogP contribution in [0.25, 0.3) is 0 Å². The highest BCUT2D eigenvalue weighted by Gasteiger charge is 2.44. The lowest BCUT2D eigenvalue weighted by molar-refractivity contribution is -0.176. The third-order valence-corrected chi connectivity index (χ3v) is 6.51. The minimum atomic E-state index is -3.29. The zero-order chi connectivity index (χ0) is 17.0. The smallest absolute Gasteiger partial charge is 0.330 e. The molecule has 2 aliphatic rings. The molecule has 8 nitrogen and oxygen atoms in total. The Labute approximate surface area is 136 Å². The van der Waals surface area contributed by atoms with Crippen LogP contribution in [0.5, 0.6) is 0 Å². The first kappa shape index (κ1) is 18.4. The van der Waals surface area contributed by atoms with Crippen LogP contribution in [0, 0.1) is 5.92 Å². The molecular weight excluding hydrogens is 323 g/mol. The molecular formula is C14H25N2O6P. The lowest BCUT2D eigenvalue weighted by Crippen LogP contribution is -2.59. The maximum absolute atomic E-state index is 13.0. The lowest BCUT2D eigenvalue weighted by atomic mass is 10.0. The zero-order valence-electron chi connectivity index (χ0n) is 13.9. The molecule has 132 valence electrons. The highest BCUT2D eigenvalue weighted by Crippen LogP contribution is 2.49. The van der Waals surface area contributed by atoms with Crippen LogP contribution in [0.4, 0.5) is 0 Å². The van der Waals surface area contributed by atoms with Gasteiger partial charge in [-0.05, 0) is 25.7 Å². The van der Waals surface area contributed by atoms with Gasteiger partial charge in [-0.25, -0.2) is 9.80 Å². The van der Waals surface area contributed by atoms with E-state index >= 15 is 0 Å². The standard InChI is InChI=1S/C14H25N2O6P/c1-20-14(18)12-7-5-9-15-8-4-6-11(13(17)16(12)15)10-23(19,21-2)22-3/h11-12H,4-10H2,1-3H3/t11-,12+/m1/s1. The molecule has 0 bridgehead atoms. The number of fused-ring (bicyclic) bond motifs is 1. The molecule has 0 aromatic carbocycles. The van der Waals surface area contributed by atoms with Crippen LogP contribution in [-0.4, -0.2) is 68.5 Å². The Balaban J connectivity index is 2.23. The number of hydrogen-bond acceptors (Lipinski definition) is 7. The maximum atomic E-state index is 13.0. The summed E-state index contributed by atoms with van der Waals surface area (Å²) in [5.41, 5.74) is 0. The quantitative estimate of drug-likeness (QED) is 0.546. The molecule has 9 heteroatoms. The summed E-state index contributed by atoms with van der Waals surface area (Å²) in [5.74, 6) is -1.10. The fourth-order valence-corrected chi connectivity index (χ4v) is 4.58. The van der Waals surface area contributed by atoms with E-state index in [0.717, 1.165) is 19.4 Å². The van der Waals surface area contributed by atoms with Gasteiger partial charge in [-0.3, -0.25) is 14.4 Å². The highest BCUT2D eigenvalue weighted by molar-refractivity contribution is 7.53. The molecule has 0 spiro atoms. The average molecular weight is 348 g/mol. The number of ether oxygens (including phenoxy) is 1. The Morgan fingerprint density at radius 2 is 1.78 bits per heavy atom. The summed E-state index contributed by atoms with van der Waals surface area (Å²) in [4.78, 5) is 25.0. The number of amides is 1. The number of hydrogen-bond donors (Lipinski definition) is 0. The molecule has 2 heterocycles. The molecule has 0 aromatic heterocycles. The monoisotopic (exact) mass is 348 g/mol. The predicted molar refractivity (Wildman–Crippen MR) is 82.7 cm³/mol. The molecule has 2 atom stereocenters. The fraction of sp³-hybridized carbons (Fsp3) is 0.857. The van der Waals surface area contributed by atoms with E-state index in [4.69, 9.17) is 13.8 Å². The van der Waals surface area contributed by atoms with E-state index in [2.05, 4.69) is 0 Å². The van der Waals surface area contributed by atoms with Crippen LogP contribution in [0.15, 0.2) is 0 Å². The first-order chi connectivity index (χ1) is 11.0. The molecule has 2 saturated heterocycles. The number of methoxy groups -OCH3 is 1. The van der Waals surface area contributed by atoms with Crippen LogP contribution in [-0.2, 0) is 27.9 Å². The fourth-order valence-electron chi connectivity index (χ4n) is 3.25. The Bertz CT molecular complexity index is 492. The second-order valence-electron chi connectivity index (χ2n) is 5.82. The number of hydrazine groups is 1. The second kappa shape index (κ2) is 7.75. The van der Waals surface area contributed by atoms with Gasteiger partial charge in [0.1, 0.15) is 6.04 Å². The number of esters is 1. The number of carbonyl (C=O) groups is 2. The van der Waals surface area contributed by atoms with Crippen LogP contribution in [0.2, 0.25) is 0 Å². The van der Waals surface area contributed by atoms with E-state index in [0.29, 0.717) is 19.4 Å². The van der Waals surface area contributed by atoms with Gasteiger partial charge in [0.05, 0.1) is 19.2 Å². The summed E-state index contributed by atoms with van der Waals surface area (Å²) in [5, 5.41) is 3.43. The summed E-state index contributed by atoms with van der Waals surface area (Å²) < 4.78 is 27.2. The van der Waals surface area contributed by atoms with Crippen LogP contribution in [0.3, 0.4) is 0 Å². The van der Waals surface area contributed by atoms with Crippen molar-refractivity contribution in [3.63, 3.8) is 0 Å².